The van der Waals surface area contributed by atoms with Crippen molar-refractivity contribution in [1.29, 1.82) is 0 Å². The molecule has 0 heterocycles. The molecule has 0 saturated heterocycles. The molecule has 0 aliphatic heterocycles. The van der Waals surface area contributed by atoms with Gasteiger partial charge in [0, 0.05) is 5.69 Å². The van der Waals surface area contributed by atoms with Gasteiger partial charge in [0.1, 0.15) is 0 Å². The van der Waals surface area contributed by atoms with Gasteiger partial charge in [-0.15, -0.1) is 0 Å². The highest BCUT2D eigenvalue weighted by Crippen LogP contribution is 2.19. The van der Waals surface area contributed by atoms with Gasteiger partial charge in [-0.1, -0.05) is 0 Å². The minimum atomic E-state index is -3.84. The summed E-state index contributed by atoms with van der Waals surface area (Å²) in [6, 6.07) is 8.64. The Morgan fingerprint density at radius 2 is 1.78 bits per heavy atom. The highest BCUT2D eigenvalue weighted by Gasteiger charge is 2.20. The van der Waals surface area contributed by atoms with Gasteiger partial charge < -0.3 is 14.8 Å². The van der Waals surface area contributed by atoms with Crippen molar-refractivity contribution in [1.82, 2.24) is 0 Å². The Morgan fingerprint density at radius 1 is 1.15 bits per heavy atom. The van der Waals surface area contributed by atoms with Crippen molar-refractivity contribution in [2.24, 2.45) is 5.14 Å². The van der Waals surface area contributed by atoms with Crippen LogP contribution in [-0.2, 0) is 19.6 Å². The number of benzene rings is 2. The quantitative estimate of drug-likeness (QED) is 0.716. The van der Waals surface area contributed by atoms with E-state index in [9.17, 15) is 22.4 Å². The normalized spacial score (nSPS) is 12.1. The summed E-state index contributed by atoms with van der Waals surface area (Å²) in [5.41, 5.74) is 0.205. The molecule has 2 rings (SSSR count). The summed E-state index contributed by atoms with van der Waals surface area (Å²) in [7, 11) is -2.55. The average Bonchev–Trinajstić information content (AvgIpc) is 2.61. The smallest absolute Gasteiger partial charge is 0.339 e. The molecule has 144 valence electrons. The van der Waals surface area contributed by atoms with Crippen molar-refractivity contribution in [3.63, 3.8) is 0 Å². The largest absolute Gasteiger partial charge is 0.494 e. The maximum Gasteiger partial charge on any atom is 0.339 e. The number of nitrogens with one attached hydrogen (secondary N) is 1. The van der Waals surface area contributed by atoms with Crippen LogP contribution in [0.5, 0.6) is 5.75 Å². The van der Waals surface area contributed by atoms with Crippen LogP contribution in [0.25, 0.3) is 0 Å². The summed E-state index contributed by atoms with van der Waals surface area (Å²) in [5, 5.41) is 7.45. The second kappa shape index (κ2) is 8.14. The third-order valence-electron chi connectivity index (χ3n) is 3.49. The van der Waals surface area contributed by atoms with Gasteiger partial charge in [0.25, 0.3) is 5.91 Å². The number of anilines is 1. The first-order valence-electron chi connectivity index (χ1n) is 7.60. The maximum absolute atomic E-state index is 13.6. The fourth-order valence-electron chi connectivity index (χ4n) is 2.05. The van der Waals surface area contributed by atoms with Crippen LogP contribution in [0.2, 0.25) is 0 Å². The van der Waals surface area contributed by atoms with Crippen molar-refractivity contribution in [2.45, 2.75) is 17.9 Å². The van der Waals surface area contributed by atoms with Crippen LogP contribution >= 0.6 is 0 Å². The van der Waals surface area contributed by atoms with Gasteiger partial charge in [-0.25, -0.2) is 22.7 Å². The molecule has 0 unspecified atom stereocenters. The van der Waals surface area contributed by atoms with Crippen LogP contribution in [0.4, 0.5) is 10.1 Å². The molecular formula is C17H17FN2O6S. The number of esters is 1. The minimum absolute atomic E-state index is 0.0275. The molecule has 2 aromatic rings. The summed E-state index contributed by atoms with van der Waals surface area (Å²) in [6.07, 6.45) is -1.18. The Morgan fingerprint density at radius 3 is 2.30 bits per heavy atom. The Kier molecular flexibility index (Phi) is 6.13. The zero-order valence-corrected chi connectivity index (χ0v) is 15.2. The van der Waals surface area contributed by atoms with Crippen molar-refractivity contribution >= 4 is 27.6 Å². The fraction of sp³-hybridized carbons (Fsp3) is 0.176. The molecule has 0 aliphatic carbocycles. The molecule has 0 aliphatic rings. The number of hydrogen-bond donors (Lipinski definition) is 2. The highest BCUT2D eigenvalue weighted by atomic mass is 32.2. The highest BCUT2D eigenvalue weighted by molar-refractivity contribution is 7.89. The van der Waals surface area contributed by atoms with Crippen LogP contribution in [0.1, 0.15) is 17.3 Å². The van der Waals surface area contributed by atoms with Crippen molar-refractivity contribution in [2.75, 3.05) is 12.4 Å². The topological polar surface area (TPSA) is 125 Å². The number of rotatable bonds is 6. The van der Waals surface area contributed by atoms with E-state index in [2.05, 4.69) is 5.32 Å². The molecular weight excluding hydrogens is 379 g/mol. The second-order valence-electron chi connectivity index (χ2n) is 5.46. The van der Waals surface area contributed by atoms with E-state index in [0.717, 1.165) is 6.07 Å². The van der Waals surface area contributed by atoms with E-state index < -0.39 is 33.8 Å². The maximum atomic E-state index is 13.6. The van der Waals surface area contributed by atoms with E-state index in [0.29, 0.717) is 0 Å². The number of nitrogens with two attached hydrogens (primary N) is 1. The van der Waals surface area contributed by atoms with Crippen LogP contribution in [-0.4, -0.2) is 33.5 Å². The second-order valence-corrected chi connectivity index (χ2v) is 7.02. The van der Waals surface area contributed by atoms with Gasteiger partial charge in [-0.3, -0.25) is 4.79 Å². The lowest BCUT2D eigenvalue weighted by molar-refractivity contribution is -0.123. The van der Waals surface area contributed by atoms with Gasteiger partial charge in [0.15, 0.2) is 17.7 Å². The monoisotopic (exact) mass is 396 g/mol. The van der Waals surface area contributed by atoms with Crippen molar-refractivity contribution < 1.29 is 31.9 Å². The molecule has 1 atom stereocenters. The number of ether oxygens (including phenoxy) is 2. The molecule has 8 nitrogen and oxygen atoms in total. The Bertz CT molecular complexity index is 960. The standard InChI is InChI=1S/C17H17FN2O6S/c1-10(26-17(22)11-3-8-15(25-2)14(18)9-11)16(21)20-12-4-6-13(7-5-12)27(19,23)24/h3-10H,1-2H3,(H,20,21)(H2,19,23,24)/t10-/m0/s1. The zero-order valence-electron chi connectivity index (χ0n) is 14.4. The molecule has 0 spiro atoms. The van der Waals surface area contributed by atoms with E-state index in [1.54, 1.807) is 0 Å². The van der Waals surface area contributed by atoms with Crippen LogP contribution in [0.3, 0.4) is 0 Å². The lowest BCUT2D eigenvalue weighted by atomic mass is 10.2. The predicted octanol–water partition coefficient (Wildman–Crippen LogP) is 1.67. The summed E-state index contributed by atoms with van der Waals surface area (Å²) in [5.74, 6) is -2.30. The van der Waals surface area contributed by atoms with Crippen LogP contribution < -0.4 is 15.2 Å². The van der Waals surface area contributed by atoms with Gasteiger partial charge in [0.2, 0.25) is 10.0 Å². The van der Waals surface area contributed by atoms with Gasteiger partial charge >= 0.3 is 5.97 Å². The van der Waals surface area contributed by atoms with Gasteiger partial charge in [0.05, 0.1) is 17.6 Å². The third kappa shape index (κ3) is 5.25. The number of halogens is 1. The molecule has 0 radical (unpaired) electrons. The SMILES string of the molecule is COc1ccc(C(=O)O[C@@H](C)C(=O)Nc2ccc(S(N)(=O)=O)cc2)cc1F. The van der Waals surface area contributed by atoms with Crippen LogP contribution in [0.15, 0.2) is 47.4 Å². The Balaban J connectivity index is 2.00. The van der Waals surface area contributed by atoms with E-state index in [1.165, 1.54) is 50.4 Å². The summed E-state index contributed by atoms with van der Waals surface area (Å²) < 4.78 is 45.8. The Hall–Kier alpha value is -2.98. The Labute approximate surface area is 155 Å². The first-order valence-corrected chi connectivity index (χ1v) is 9.14. The molecule has 27 heavy (non-hydrogen) atoms. The summed E-state index contributed by atoms with van der Waals surface area (Å²) in [4.78, 5) is 24.0. The van der Waals surface area contributed by atoms with E-state index in [1.807, 2.05) is 0 Å². The molecule has 0 aromatic heterocycles. The average molecular weight is 396 g/mol. The molecule has 0 fully saturated rings. The fourth-order valence-corrected chi connectivity index (χ4v) is 2.56. The molecule has 1 amide bonds. The van der Waals surface area contributed by atoms with Crippen molar-refractivity contribution in [3.8, 4) is 5.75 Å². The summed E-state index contributed by atoms with van der Waals surface area (Å²) >= 11 is 0. The van der Waals surface area contributed by atoms with E-state index in [4.69, 9.17) is 14.6 Å². The lowest BCUT2D eigenvalue weighted by Gasteiger charge is -2.14. The van der Waals surface area contributed by atoms with E-state index >= 15 is 0 Å². The van der Waals surface area contributed by atoms with Crippen LogP contribution in [0, 0.1) is 5.82 Å². The number of amides is 1. The third-order valence-corrected chi connectivity index (χ3v) is 4.42. The lowest BCUT2D eigenvalue weighted by Crippen LogP contribution is -2.30. The number of carbonyl (C=O) groups is 2. The number of carbonyl (C=O) groups excluding carboxylic acids is 2. The van der Waals surface area contributed by atoms with Gasteiger partial charge in [-0.05, 0) is 49.4 Å². The zero-order chi connectivity index (χ0) is 20.2. The summed E-state index contributed by atoms with van der Waals surface area (Å²) in [6.45, 7) is 1.34. The van der Waals surface area contributed by atoms with E-state index in [-0.39, 0.29) is 21.9 Å². The predicted molar refractivity (Wildman–Crippen MR) is 94.3 cm³/mol. The van der Waals surface area contributed by atoms with Gasteiger partial charge in [-0.2, -0.15) is 0 Å². The van der Waals surface area contributed by atoms with Crippen molar-refractivity contribution in [3.05, 3.63) is 53.8 Å². The minimum Gasteiger partial charge on any atom is -0.494 e. The number of sulfonamides is 1. The molecule has 0 bridgehead atoms. The first kappa shape index (κ1) is 20.3. The number of primary sulfonamides is 1. The number of hydrogen-bond acceptors (Lipinski definition) is 6. The molecule has 0 saturated carbocycles. The number of methoxy groups -OCH3 is 1. The molecule has 10 heteroatoms. The molecule has 3 N–H and O–H groups in total. The molecule has 2 aromatic carbocycles. The first-order chi connectivity index (χ1) is 12.6.